The SMILES string of the molecule is C1=C[C@H]2N[C@H]2/C=C\C=C/1. The van der Waals surface area contributed by atoms with Gasteiger partial charge in [-0.1, -0.05) is 36.5 Å². The fourth-order valence-electron chi connectivity index (χ4n) is 1.01. The van der Waals surface area contributed by atoms with Gasteiger partial charge in [0.1, 0.15) is 0 Å². The van der Waals surface area contributed by atoms with Gasteiger partial charge in [-0.3, -0.25) is 0 Å². The summed E-state index contributed by atoms with van der Waals surface area (Å²) in [7, 11) is 0. The Morgan fingerprint density at radius 2 is 1.33 bits per heavy atom. The molecule has 1 aliphatic carbocycles. The fraction of sp³-hybridized carbons (Fsp3) is 0.250. The summed E-state index contributed by atoms with van der Waals surface area (Å²) in [6.07, 6.45) is 12.6. The van der Waals surface area contributed by atoms with Gasteiger partial charge in [0.15, 0.2) is 0 Å². The summed E-state index contributed by atoms with van der Waals surface area (Å²) in [4.78, 5) is 0. The zero-order valence-electron chi connectivity index (χ0n) is 5.12. The van der Waals surface area contributed by atoms with E-state index in [0.29, 0.717) is 12.1 Å². The van der Waals surface area contributed by atoms with E-state index in [0.717, 1.165) is 0 Å². The van der Waals surface area contributed by atoms with Gasteiger partial charge in [0.25, 0.3) is 0 Å². The molecule has 2 atom stereocenters. The Morgan fingerprint density at radius 3 is 1.89 bits per heavy atom. The van der Waals surface area contributed by atoms with Gasteiger partial charge in [-0.2, -0.15) is 0 Å². The average Bonchev–Trinajstić information content (AvgIpc) is 2.46. The quantitative estimate of drug-likeness (QED) is 0.472. The van der Waals surface area contributed by atoms with Crippen molar-refractivity contribution in [2.75, 3.05) is 0 Å². The van der Waals surface area contributed by atoms with Crippen LogP contribution < -0.4 is 5.32 Å². The standard InChI is InChI=1S/C8H9N/c1-2-4-6-8-7(9-8)5-3-1/h1-9H/b2-1-,5-3-,6-4?/t7-,8+/m0/s1. The molecule has 2 rings (SSSR count). The lowest BCUT2D eigenvalue weighted by molar-refractivity contribution is 1.20. The van der Waals surface area contributed by atoms with Gasteiger partial charge in [-0.25, -0.2) is 0 Å². The molecule has 0 aromatic carbocycles. The Bertz CT molecular complexity index is 169. The summed E-state index contributed by atoms with van der Waals surface area (Å²) in [5, 5.41) is 3.30. The van der Waals surface area contributed by atoms with E-state index in [1.54, 1.807) is 0 Å². The molecule has 1 heteroatoms. The monoisotopic (exact) mass is 119 g/mol. The predicted molar refractivity (Wildman–Crippen MR) is 38.1 cm³/mol. The Hall–Kier alpha value is -0.820. The summed E-state index contributed by atoms with van der Waals surface area (Å²) in [5.74, 6) is 0. The van der Waals surface area contributed by atoms with Crippen LogP contribution in [-0.4, -0.2) is 12.1 Å². The van der Waals surface area contributed by atoms with Gasteiger partial charge < -0.3 is 5.32 Å². The smallest absolute Gasteiger partial charge is 0.0450 e. The molecule has 1 fully saturated rings. The summed E-state index contributed by atoms with van der Waals surface area (Å²) in [5.41, 5.74) is 0. The number of nitrogens with one attached hydrogen (secondary N) is 1. The molecule has 0 radical (unpaired) electrons. The molecule has 1 saturated heterocycles. The maximum absolute atomic E-state index is 3.30. The summed E-state index contributed by atoms with van der Waals surface area (Å²) >= 11 is 0. The second-order valence-corrected chi connectivity index (χ2v) is 2.37. The third-order valence-corrected chi connectivity index (χ3v) is 1.63. The molecule has 0 aromatic heterocycles. The highest BCUT2D eigenvalue weighted by Crippen LogP contribution is 2.14. The molecule has 0 amide bonds. The molecule has 2 aliphatic rings. The maximum Gasteiger partial charge on any atom is 0.0450 e. The minimum absolute atomic E-state index is 0.617. The molecule has 0 aromatic rings. The topological polar surface area (TPSA) is 21.9 Å². The molecular formula is C8H9N. The molecule has 0 unspecified atom stereocenters. The number of hydrogen-bond donors (Lipinski definition) is 1. The predicted octanol–water partition coefficient (Wildman–Crippen LogP) is 1.01. The Morgan fingerprint density at radius 1 is 0.778 bits per heavy atom. The third kappa shape index (κ3) is 0.958. The number of fused-ring (bicyclic) bond motifs is 1. The third-order valence-electron chi connectivity index (χ3n) is 1.63. The van der Waals surface area contributed by atoms with Crippen molar-refractivity contribution < 1.29 is 0 Å². The van der Waals surface area contributed by atoms with Crippen LogP contribution in [0.1, 0.15) is 0 Å². The van der Waals surface area contributed by atoms with Crippen LogP contribution in [0.3, 0.4) is 0 Å². The number of allylic oxidation sites excluding steroid dienone is 4. The average molecular weight is 119 g/mol. The van der Waals surface area contributed by atoms with Gasteiger partial charge in [0.05, 0.1) is 0 Å². The number of rotatable bonds is 0. The maximum atomic E-state index is 3.30. The lowest BCUT2D eigenvalue weighted by atomic mass is 10.2. The van der Waals surface area contributed by atoms with Gasteiger partial charge in [0, 0.05) is 12.1 Å². The molecule has 1 N–H and O–H groups in total. The van der Waals surface area contributed by atoms with E-state index in [9.17, 15) is 0 Å². The van der Waals surface area contributed by atoms with Crippen LogP contribution in [0.5, 0.6) is 0 Å². The molecule has 1 aliphatic heterocycles. The van der Waals surface area contributed by atoms with E-state index >= 15 is 0 Å². The summed E-state index contributed by atoms with van der Waals surface area (Å²) in [6, 6.07) is 1.23. The summed E-state index contributed by atoms with van der Waals surface area (Å²) in [6.45, 7) is 0. The van der Waals surface area contributed by atoms with Crippen molar-refractivity contribution in [3.8, 4) is 0 Å². The molecular weight excluding hydrogens is 110 g/mol. The normalized spacial score (nSPS) is 44.4. The zero-order chi connectivity index (χ0) is 6.10. The van der Waals surface area contributed by atoms with Crippen LogP contribution in [0.15, 0.2) is 36.5 Å². The van der Waals surface area contributed by atoms with Gasteiger partial charge >= 0.3 is 0 Å². The Balaban J connectivity index is 2.19. The molecule has 0 bridgehead atoms. The van der Waals surface area contributed by atoms with Crippen molar-refractivity contribution in [2.45, 2.75) is 12.1 Å². The van der Waals surface area contributed by atoms with E-state index in [4.69, 9.17) is 0 Å². The minimum atomic E-state index is 0.617. The summed E-state index contributed by atoms with van der Waals surface area (Å²) < 4.78 is 0. The van der Waals surface area contributed by atoms with Crippen LogP contribution in [0.4, 0.5) is 0 Å². The van der Waals surface area contributed by atoms with Crippen LogP contribution >= 0.6 is 0 Å². The highest BCUT2D eigenvalue weighted by atomic mass is 15.1. The van der Waals surface area contributed by atoms with Crippen molar-refractivity contribution in [3.63, 3.8) is 0 Å². The molecule has 1 heterocycles. The highest BCUT2D eigenvalue weighted by Gasteiger charge is 2.30. The van der Waals surface area contributed by atoms with Crippen LogP contribution in [0.2, 0.25) is 0 Å². The van der Waals surface area contributed by atoms with Gasteiger partial charge in [-0.15, -0.1) is 0 Å². The van der Waals surface area contributed by atoms with Crippen molar-refractivity contribution in [1.29, 1.82) is 0 Å². The zero-order valence-corrected chi connectivity index (χ0v) is 5.12. The van der Waals surface area contributed by atoms with Crippen molar-refractivity contribution in [2.24, 2.45) is 0 Å². The fourth-order valence-corrected chi connectivity index (χ4v) is 1.01. The van der Waals surface area contributed by atoms with E-state index in [-0.39, 0.29) is 0 Å². The molecule has 0 spiro atoms. The first-order valence-electron chi connectivity index (χ1n) is 3.24. The Labute approximate surface area is 54.8 Å². The van der Waals surface area contributed by atoms with Gasteiger partial charge in [0.2, 0.25) is 0 Å². The lowest BCUT2D eigenvalue weighted by Crippen LogP contribution is -1.84. The van der Waals surface area contributed by atoms with E-state index < -0.39 is 0 Å². The first-order chi connectivity index (χ1) is 4.47. The minimum Gasteiger partial charge on any atom is -0.301 e. The van der Waals surface area contributed by atoms with Crippen molar-refractivity contribution >= 4 is 0 Å². The van der Waals surface area contributed by atoms with Crippen molar-refractivity contribution in [3.05, 3.63) is 36.5 Å². The van der Waals surface area contributed by atoms with Crippen molar-refractivity contribution in [1.82, 2.24) is 5.32 Å². The molecule has 1 nitrogen and oxygen atoms in total. The highest BCUT2D eigenvalue weighted by molar-refractivity contribution is 5.27. The number of hydrogen-bond acceptors (Lipinski definition) is 1. The molecule has 0 saturated carbocycles. The van der Waals surface area contributed by atoms with Crippen LogP contribution in [-0.2, 0) is 0 Å². The van der Waals surface area contributed by atoms with Crippen LogP contribution in [0.25, 0.3) is 0 Å². The Kier molecular flexibility index (Phi) is 1.03. The second kappa shape index (κ2) is 1.85. The lowest BCUT2D eigenvalue weighted by Gasteiger charge is -1.83. The second-order valence-electron chi connectivity index (χ2n) is 2.37. The van der Waals surface area contributed by atoms with Gasteiger partial charge in [-0.05, 0) is 0 Å². The largest absolute Gasteiger partial charge is 0.301 e. The molecule has 9 heavy (non-hydrogen) atoms. The van der Waals surface area contributed by atoms with E-state index in [2.05, 4.69) is 29.6 Å². The molecule has 46 valence electrons. The van der Waals surface area contributed by atoms with Crippen LogP contribution in [0, 0.1) is 0 Å². The van der Waals surface area contributed by atoms with E-state index in [1.807, 2.05) is 12.2 Å². The van der Waals surface area contributed by atoms with E-state index in [1.165, 1.54) is 0 Å². The first-order valence-corrected chi connectivity index (χ1v) is 3.24. The first kappa shape index (κ1) is 5.00.